The van der Waals surface area contributed by atoms with Crippen molar-refractivity contribution in [2.24, 2.45) is 0 Å². The van der Waals surface area contributed by atoms with Gasteiger partial charge in [0.25, 0.3) is 0 Å². The molecule has 0 N–H and O–H groups in total. The molecule has 0 bridgehead atoms. The van der Waals surface area contributed by atoms with E-state index < -0.39 is 0 Å². The molecule has 0 aromatic heterocycles. The Morgan fingerprint density at radius 2 is 2.31 bits per heavy atom. The molecule has 64 valence electrons. The van der Waals surface area contributed by atoms with Gasteiger partial charge in [0.05, 0.1) is 5.88 Å². The van der Waals surface area contributed by atoms with Gasteiger partial charge in [0.2, 0.25) is 0 Å². The summed E-state index contributed by atoms with van der Waals surface area (Å²) >= 11 is 5.51. The third-order valence-electron chi connectivity index (χ3n) is 2.12. The normalized spacial score (nSPS) is 12.1. The van der Waals surface area contributed by atoms with E-state index in [4.69, 9.17) is 11.6 Å². The number of alkyl halides is 1. The molecule has 1 aromatic carbocycles. The van der Waals surface area contributed by atoms with Crippen LogP contribution in [0.3, 0.4) is 0 Å². The number of benzene rings is 1. The van der Waals surface area contributed by atoms with Crippen LogP contribution in [0.5, 0.6) is 0 Å². The Morgan fingerprint density at radius 1 is 1.38 bits per heavy atom. The van der Waals surface area contributed by atoms with Crippen molar-refractivity contribution in [3.63, 3.8) is 0 Å². The maximum absolute atomic E-state index is 5.51. The highest BCUT2D eigenvalue weighted by Gasteiger charge is 2.07. The predicted molar refractivity (Wildman–Crippen MR) is 56.8 cm³/mol. The standard InChI is InChI=1S/C12H9Cl/c13-9-3-7-11-5-1-4-10-6-2-8-12(10)11/h1-2,4-6H,8-9H2. The SMILES string of the molecule is ClCC#Cc1cccc2c1CC=C2. The lowest BCUT2D eigenvalue weighted by atomic mass is 10.0. The summed E-state index contributed by atoms with van der Waals surface area (Å²) in [5, 5.41) is 0. The minimum atomic E-state index is 0.400. The van der Waals surface area contributed by atoms with Crippen molar-refractivity contribution in [3.05, 3.63) is 41.0 Å². The second-order valence-electron chi connectivity index (χ2n) is 2.92. The Bertz CT molecular complexity index is 405. The van der Waals surface area contributed by atoms with Gasteiger partial charge in [-0.3, -0.25) is 0 Å². The van der Waals surface area contributed by atoms with Crippen molar-refractivity contribution in [1.29, 1.82) is 0 Å². The van der Waals surface area contributed by atoms with E-state index in [1.54, 1.807) is 0 Å². The van der Waals surface area contributed by atoms with Gasteiger partial charge in [-0.2, -0.15) is 0 Å². The molecule has 0 aliphatic heterocycles. The smallest absolute Gasteiger partial charge is 0.0839 e. The Balaban J connectivity index is 2.44. The molecular weight excluding hydrogens is 180 g/mol. The summed E-state index contributed by atoms with van der Waals surface area (Å²) in [6.07, 6.45) is 5.31. The highest BCUT2D eigenvalue weighted by molar-refractivity contribution is 6.19. The van der Waals surface area contributed by atoms with Gasteiger partial charge >= 0.3 is 0 Å². The van der Waals surface area contributed by atoms with Crippen LogP contribution in [0.4, 0.5) is 0 Å². The lowest BCUT2D eigenvalue weighted by Gasteiger charge is -2.00. The van der Waals surface area contributed by atoms with Gasteiger partial charge in [0.15, 0.2) is 0 Å². The lowest BCUT2D eigenvalue weighted by molar-refractivity contribution is 1.29. The summed E-state index contributed by atoms with van der Waals surface area (Å²) in [7, 11) is 0. The van der Waals surface area contributed by atoms with E-state index in [0.29, 0.717) is 5.88 Å². The van der Waals surface area contributed by atoms with Gasteiger partial charge in [-0.25, -0.2) is 0 Å². The van der Waals surface area contributed by atoms with Crippen LogP contribution < -0.4 is 0 Å². The van der Waals surface area contributed by atoms with E-state index in [2.05, 4.69) is 30.1 Å². The summed E-state index contributed by atoms with van der Waals surface area (Å²) in [5.41, 5.74) is 3.74. The van der Waals surface area contributed by atoms with Crippen LogP contribution in [0, 0.1) is 11.8 Å². The third-order valence-corrected chi connectivity index (χ3v) is 2.26. The topological polar surface area (TPSA) is 0 Å². The quantitative estimate of drug-likeness (QED) is 0.434. The van der Waals surface area contributed by atoms with Gasteiger partial charge in [0, 0.05) is 5.56 Å². The molecule has 1 aliphatic rings. The first kappa shape index (κ1) is 8.41. The monoisotopic (exact) mass is 188 g/mol. The van der Waals surface area contributed by atoms with Crippen molar-refractivity contribution >= 4 is 17.7 Å². The number of hydrogen-bond donors (Lipinski definition) is 0. The molecule has 13 heavy (non-hydrogen) atoms. The number of fused-ring (bicyclic) bond motifs is 1. The van der Waals surface area contributed by atoms with Crippen molar-refractivity contribution in [1.82, 2.24) is 0 Å². The summed E-state index contributed by atoms with van der Waals surface area (Å²) in [4.78, 5) is 0. The van der Waals surface area contributed by atoms with Crippen LogP contribution in [0.2, 0.25) is 0 Å². The molecule has 1 heteroatoms. The molecule has 0 radical (unpaired) electrons. The first-order valence-electron chi connectivity index (χ1n) is 4.25. The van der Waals surface area contributed by atoms with Crippen molar-refractivity contribution in [3.8, 4) is 11.8 Å². The summed E-state index contributed by atoms with van der Waals surface area (Å²) in [6.45, 7) is 0. The molecule has 0 atom stereocenters. The van der Waals surface area contributed by atoms with Gasteiger partial charge in [0.1, 0.15) is 0 Å². The fourth-order valence-corrected chi connectivity index (χ4v) is 1.60. The van der Waals surface area contributed by atoms with E-state index in [1.165, 1.54) is 11.1 Å². The molecule has 0 nitrogen and oxygen atoms in total. The van der Waals surface area contributed by atoms with E-state index in [1.807, 2.05) is 12.1 Å². The predicted octanol–water partition coefficient (Wildman–Crippen LogP) is 2.85. The largest absolute Gasteiger partial charge is 0.113 e. The van der Waals surface area contributed by atoms with Crippen LogP contribution in [0.15, 0.2) is 24.3 Å². The van der Waals surface area contributed by atoms with Crippen molar-refractivity contribution < 1.29 is 0 Å². The first-order valence-corrected chi connectivity index (χ1v) is 4.78. The minimum Gasteiger partial charge on any atom is -0.113 e. The number of halogens is 1. The molecule has 0 unspecified atom stereocenters. The molecule has 2 rings (SSSR count). The zero-order valence-corrected chi connectivity index (χ0v) is 7.93. The Morgan fingerprint density at radius 3 is 3.15 bits per heavy atom. The lowest BCUT2D eigenvalue weighted by Crippen LogP contribution is -1.87. The fraction of sp³-hybridized carbons (Fsp3) is 0.167. The summed E-state index contributed by atoms with van der Waals surface area (Å²) < 4.78 is 0. The Labute approximate surface area is 83.2 Å². The minimum absolute atomic E-state index is 0.400. The van der Waals surface area contributed by atoms with E-state index in [-0.39, 0.29) is 0 Å². The maximum Gasteiger partial charge on any atom is 0.0839 e. The van der Waals surface area contributed by atoms with Gasteiger partial charge < -0.3 is 0 Å². The average molecular weight is 189 g/mol. The highest BCUT2D eigenvalue weighted by Crippen LogP contribution is 2.22. The molecule has 0 spiro atoms. The number of hydrogen-bond acceptors (Lipinski definition) is 0. The molecule has 0 amide bonds. The summed E-state index contributed by atoms with van der Waals surface area (Å²) in [6, 6.07) is 6.20. The highest BCUT2D eigenvalue weighted by atomic mass is 35.5. The van der Waals surface area contributed by atoms with Crippen LogP contribution in [0.1, 0.15) is 16.7 Å². The Hall–Kier alpha value is -1.19. The van der Waals surface area contributed by atoms with Gasteiger partial charge in [-0.1, -0.05) is 36.1 Å². The molecule has 1 aliphatic carbocycles. The number of rotatable bonds is 0. The molecule has 0 saturated heterocycles. The molecule has 0 heterocycles. The van der Waals surface area contributed by atoms with Gasteiger partial charge in [-0.05, 0) is 23.6 Å². The zero-order valence-electron chi connectivity index (χ0n) is 7.18. The number of allylic oxidation sites excluding steroid dienone is 1. The molecule has 0 fully saturated rings. The van der Waals surface area contributed by atoms with E-state index >= 15 is 0 Å². The van der Waals surface area contributed by atoms with Crippen molar-refractivity contribution in [2.45, 2.75) is 6.42 Å². The Kier molecular flexibility index (Phi) is 2.38. The van der Waals surface area contributed by atoms with Crippen LogP contribution in [-0.2, 0) is 6.42 Å². The van der Waals surface area contributed by atoms with Crippen LogP contribution in [0.25, 0.3) is 6.08 Å². The average Bonchev–Trinajstić information content (AvgIpc) is 2.62. The van der Waals surface area contributed by atoms with Crippen molar-refractivity contribution in [2.75, 3.05) is 5.88 Å². The van der Waals surface area contributed by atoms with Crippen LogP contribution in [-0.4, -0.2) is 5.88 Å². The third kappa shape index (κ3) is 1.61. The second kappa shape index (κ2) is 3.68. The second-order valence-corrected chi connectivity index (χ2v) is 3.18. The van der Waals surface area contributed by atoms with E-state index in [9.17, 15) is 0 Å². The van der Waals surface area contributed by atoms with Crippen LogP contribution >= 0.6 is 11.6 Å². The molecule has 1 aromatic rings. The maximum atomic E-state index is 5.51. The summed E-state index contributed by atoms with van der Waals surface area (Å²) in [5.74, 6) is 6.35. The molecule has 0 saturated carbocycles. The van der Waals surface area contributed by atoms with E-state index in [0.717, 1.165) is 12.0 Å². The first-order chi connectivity index (χ1) is 6.42. The zero-order chi connectivity index (χ0) is 9.10. The molecular formula is C12H9Cl. The van der Waals surface area contributed by atoms with Gasteiger partial charge in [-0.15, -0.1) is 11.6 Å². The fourth-order valence-electron chi connectivity index (χ4n) is 1.54.